The molecule has 0 spiro atoms. The van der Waals surface area contributed by atoms with Crippen LogP contribution in [0.1, 0.15) is 39.0 Å². The van der Waals surface area contributed by atoms with Gasteiger partial charge in [0.15, 0.2) is 17.7 Å². The Morgan fingerprint density at radius 2 is 2.17 bits per heavy atom. The van der Waals surface area contributed by atoms with Gasteiger partial charge in [0, 0.05) is 19.5 Å². The van der Waals surface area contributed by atoms with Crippen molar-refractivity contribution in [2.75, 3.05) is 13.1 Å². The molecule has 0 saturated carbocycles. The number of amides is 1. The van der Waals surface area contributed by atoms with Crippen LogP contribution in [0.2, 0.25) is 0 Å². The van der Waals surface area contributed by atoms with Crippen molar-refractivity contribution in [1.82, 2.24) is 4.90 Å². The average molecular weight is 337 g/mol. The summed E-state index contributed by atoms with van der Waals surface area (Å²) in [6, 6.07) is 6.05. The van der Waals surface area contributed by atoms with Crippen molar-refractivity contribution in [2.24, 2.45) is 5.92 Å². The fourth-order valence-electron chi connectivity index (χ4n) is 3.03. The summed E-state index contributed by atoms with van der Waals surface area (Å²) in [5.74, 6) is -1.17. The van der Waals surface area contributed by atoms with Crippen LogP contribution in [0.25, 0.3) is 0 Å². The Balaban J connectivity index is 1.97. The summed E-state index contributed by atoms with van der Waals surface area (Å²) < 4.78 is 19.3. The number of halogens is 1. The van der Waals surface area contributed by atoms with Crippen molar-refractivity contribution < 1.29 is 23.8 Å². The van der Waals surface area contributed by atoms with E-state index in [1.54, 1.807) is 17.0 Å². The van der Waals surface area contributed by atoms with Crippen molar-refractivity contribution >= 4 is 11.9 Å². The van der Waals surface area contributed by atoms with Gasteiger partial charge in [-0.15, -0.1) is 0 Å². The Bertz CT molecular complexity index is 578. The third kappa shape index (κ3) is 4.94. The summed E-state index contributed by atoms with van der Waals surface area (Å²) in [6.45, 7) is 3.01. The number of nitrogens with zero attached hydrogens (tertiary/aromatic N) is 1. The number of hydrogen-bond acceptors (Lipinski definition) is 3. The molecule has 2 atom stereocenters. The van der Waals surface area contributed by atoms with Gasteiger partial charge < -0.3 is 14.7 Å². The number of rotatable bonds is 7. The van der Waals surface area contributed by atoms with E-state index in [0.29, 0.717) is 25.9 Å². The number of piperidine rings is 1. The monoisotopic (exact) mass is 337 g/mol. The van der Waals surface area contributed by atoms with E-state index in [2.05, 4.69) is 0 Å². The highest BCUT2D eigenvalue weighted by atomic mass is 19.1. The molecule has 1 N–H and O–H groups in total. The molecule has 1 aliphatic rings. The van der Waals surface area contributed by atoms with E-state index in [1.807, 2.05) is 6.92 Å². The maximum absolute atomic E-state index is 13.7. The molecule has 0 radical (unpaired) electrons. The summed E-state index contributed by atoms with van der Waals surface area (Å²) in [7, 11) is 0. The Morgan fingerprint density at radius 1 is 1.42 bits per heavy atom. The summed E-state index contributed by atoms with van der Waals surface area (Å²) in [6.07, 6.45) is 2.21. The van der Waals surface area contributed by atoms with E-state index < -0.39 is 17.9 Å². The third-order valence-electron chi connectivity index (χ3n) is 4.35. The van der Waals surface area contributed by atoms with Crippen LogP contribution >= 0.6 is 0 Å². The molecule has 2 rings (SSSR count). The molecule has 1 aromatic rings. The largest absolute Gasteiger partial charge is 0.481 e. The normalized spacial score (nSPS) is 18.9. The second kappa shape index (κ2) is 8.66. The first-order valence-electron chi connectivity index (χ1n) is 8.43. The van der Waals surface area contributed by atoms with Gasteiger partial charge >= 0.3 is 5.97 Å². The first-order valence-corrected chi connectivity index (χ1v) is 8.43. The predicted octanol–water partition coefficient (Wildman–Crippen LogP) is 3.09. The van der Waals surface area contributed by atoms with E-state index in [1.165, 1.54) is 12.1 Å². The second-order valence-electron chi connectivity index (χ2n) is 6.17. The van der Waals surface area contributed by atoms with Crippen LogP contribution in [0.4, 0.5) is 4.39 Å². The number of hydrogen-bond donors (Lipinski definition) is 1. The SMILES string of the molecule is CC[C@H](Oc1ccccc1F)C(=O)N1CCC[C@@H](CCC(=O)O)C1. The molecule has 24 heavy (non-hydrogen) atoms. The molecule has 0 aliphatic carbocycles. The van der Waals surface area contributed by atoms with Gasteiger partial charge in [-0.05, 0) is 43.7 Å². The topological polar surface area (TPSA) is 66.8 Å². The average Bonchev–Trinajstić information content (AvgIpc) is 2.59. The number of para-hydroxylation sites is 1. The minimum absolute atomic E-state index is 0.0807. The minimum atomic E-state index is -0.812. The second-order valence-corrected chi connectivity index (χ2v) is 6.17. The standard InChI is InChI=1S/C18H24FNO4/c1-2-15(24-16-8-4-3-7-14(16)19)18(23)20-11-5-6-13(12-20)9-10-17(21)22/h3-4,7-8,13,15H,2,5-6,9-12H2,1H3,(H,21,22)/t13-,15-/m0/s1. The van der Waals surface area contributed by atoms with Crippen LogP contribution in [0.15, 0.2) is 24.3 Å². The van der Waals surface area contributed by atoms with Gasteiger partial charge in [0.1, 0.15) is 0 Å². The molecule has 1 heterocycles. The number of ether oxygens (including phenoxy) is 1. The van der Waals surface area contributed by atoms with E-state index in [-0.39, 0.29) is 24.0 Å². The number of carbonyl (C=O) groups excluding carboxylic acids is 1. The number of carbonyl (C=O) groups is 2. The Hall–Kier alpha value is -2.11. The van der Waals surface area contributed by atoms with Gasteiger partial charge in [0.2, 0.25) is 0 Å². The summed E-state index contributed by atoms with van der Waals surface area (Å²) >= 11 is 0. The van der Waals surface area contributed by atoms with Crippen LogP contribution in [0.3, 0.4) is 0 Å². The molecule has 0 aromatic heterocycles. The van der Waals surface area contributed by atoms with Crippen LogP contribution in [0.5, 0.6) is 5.75 Å². The molecular formula is C18H24FNO4. The number of benzene rings is 1. The summed E-state index contributed by atoms with van der Waals surface area (Å²) in [4.78, 5) is 25.1. The van der Waals surface area contributed by atoms with Gasteiger partial charge in [-0.1, -0.05) is 19.1 Å². The molecule has 0 unspecified atom stereocenters. The molecule has 1 amide bonds. The number of carboxylic acid groups (broad SMARTS) is 1. The first-order chi connectivity index (χ1) is 11.5. The fraction of sp³-hybridized carbons (Fsp3) is 0.556. The molecule has 0 bridgehead atoms. The van der Waals surface area contributed by atoms with Crippen LogP contribution in [-0.2, 0) is 9.59 Å². The van der Waals surface area contributed by atoms with Crippen LogP contribution in [-0.4, -0.2) is 41.1 Å². The zero-order chi connectivity index (χ0) is 17.5. The minimum Gasteiger partial charge on any atom is -0.481 e. The molecule has 6 heteroatoms. The maximum Gasteiger partial charge on any atom is 0.303 e. The molecule has 1 aromatic carbocycles. The predicted molar refractivity (Wildman–Crippen MR) is 87.3 cm³/mol. The van der Waals surface area contributed by atoms with E-state index in [4.69, 9.17) is 9.84 Å². The molecule has 5 nitrogen and oxygen atoms in total. The van der Waals surface area contributed by atoms with Crippen molar-refractivity contribution in [1.29, 1.82) is 0 Å². The Kier molecular flexibility index (Phi) is 6.58. The zero-order valence-corrected chi connectivity index (χ0v) is 13.9. The third-order valence-corrected chi connectivity index (χ3v) is 4.35. The number of carboxylic acids is 1. The van der Waals surface area contributed by atoms with Crippen molar-refractivity contribution in [3.8, 4) is 5.75 Å². The van der Waals surface area contributed by atoms with Gasteiger partial charge in [-0.3, -0.25) is 9.59 Å². The highest BCUT2D eigenvalue weighted by Crippen LogP contribution is 2.24. The maximum atomic E-state index is 13.7. The lowest BCUT2D eigenvalue weighted by atomic mass is 9.93. The Labute approximate surface area is 141 Å². The molecular weight excluding hydrogens is 313 g/mol. The highest BCUT2D eigenvalue weighted by Gasteiger charge is 2.29. The first kappa shape index (κ1) is 18.2. The van der Waals surface area contributed by atoms with Crippen molar-refractivity contribution in [2.45, 2.75) is 45.1 Å². The van der Waals surface area contributed by atoms with Gasteiger partial charge in [0.25, 0.3) is 5.91 Å². The fourth-order valence-corrected chi connectivity index (χ4v) is 3.03. The van der Waals surface area contributed by atoms with Gasteiger partial charge in [0.05, 0.1) is 0 Å². The summed E-state index contributed by atoms with van der Waals surface area (Å²) in [5.41, 5.74) is 0. The van der Waals surface area contributed by atoms with E-state index >= 15 is 0 Å². The lowest BCUT2D eigenvalue weighted by molar-refractivity contribution is -0.141. The Morgan fingerprint density at radius 3 is 2.83 bits per heavy atom. The zero-order valence-electron chi connectivity index (χ0n) is 13.9. The smallest absolute Gasteiger partial charge is 0.303 e. The number of likely N-dealkylation sites (tertiary alicyclic amines) is 1. The molecule has 1 fully saturated rings. The van der Waals surface area contributed by atoms with Crippen molar-refractivity contribution in [3.63, 3.8) is 0 Å². The summed E-state index contributed by atoms with van der Waals surface area (Å²) in [5, 5.41) is 8.80. The van der Waals surface area contributed by atoms with E-state index in [0.717, 1.165) is 12.8 Å². The van der Waals surface area contributed by atoms with Gasteiger partial charge in [-0.25, -0.2) is 4.39 Å². The van der Waals surface area contributed by atoms with Crippen molar-refractivity contribution in [3.05, 3.63) is 30.1 Å². The molecule has 132 valence electrons. The number of aliphatic carboxylic acids is 1. The molecule has 1 saturated heterocycles. The van der Waals surface area contributed by atoms with E-state index in [9.17, 15) is 14.0 Å². The van der Waals surface area contributed by atoms with Gasteiger partial charge in [-0.2, -0.15) is 0 Å². The van der Waals surface area contributed by atoms with Crippen LogP contribution < -0.4 is 4.74 Å². The van der Waals surface area contributed by atoms with Crippen LogP contribution in [0, 0.1) is 11.7 Å². The molecule has 1 aliphatic heterocycles. The lowest BCUT2D eigenvalue weighted by Gasteiger charge is -2.34. The highest BCUT2D eigenvalue weighted by molar-refractivity contribution is 5.81. The quantitative estimate of drug-likeness (QED) is 0.830. The lowest BCUT2D eigenvalue weighted by Crippen LogP contribution is -2.46.